The van der Waals surface area contributed by atoms with Gasteiger partial charge < -0.3 is 4.57 Å². The van der Waals surface area contributed by atoms with Crippen molar-refractivity contribution >= 4 is 0 Å². The molecule has 1 aliphatic rings. The zero-order valence-electron chi connectivity index (χ0n) is 7.40. The fraction of sp³-hybridized carbons (Fsp3) is 0.556. The molecule has 0 radical (unpaired) electrons. The summed E-state index contributed by atoms with van der Waals surface area (Å²) in [6.45, 7) is 1.29. The smallest absolute Gasteiger partial charge is 0.147 e. The molecule has 0 atom stereocenters. The highest BCUT2D eigenvalue weighted by Gasteiger charge is 2.25. The zero-order valence-corrected chi connectivity index (χ0v) is 7.40. The highest BCUT2D eigenvalue weighted by Crippen LogP contribution is 2.35. The van der Waals surface area contributed by atoms with Crippen molar-refractivity contribution in [3.63, 3.8) is 0 Å². The molecule has 0 saturated heterocycles. The molecule has 0 aliphatic heterocycles. The minimum Gasteiger partial charge on any atom is -0.313 e. The zero-order chi connectivity index (χ0) is 9.10. The van der Waals surface area contributed by atoms with Gasteiger partial charge in [0.05, 0.1) is 13.1 Å². The van der Waals surface area contributed by atoms with Crippen LogP contribution in [0.1, 0.15) is 24.7 Å². The van der Waals surface area contributed by atoms with Crippen LogP contribution < -0.4 is 5.32 Å². The molecular formula is C9H12N4. The lowest BCUT2D eigenvalue weighted by molar-refractivity contribution is 0.633. The summed E-state index contributed by atoms with van der Waals surface area (Å²) in [5.74, 6) is 3.51. The Kier molecular flexibility index (Phi) is 2.28. The molecule has 4 nitrogen and oxygen atoms in total. The van der Waals surface area contributed by atoms with Gasteiger partial charge in [-0.3, -0.25) is 5.32 Å². The third kappa shape index (κ3) is 1.87. The molecule has 2 rings (SSSR count). The van der Waals surface area contributed by atoms with Crippen LogP contribution in [-0.2, 0) is 6.54 Å². The predicted molar refractivity (Wildman–Crippen MR) is 48.8 cm³/mol. The van der Waals surface area contributed by atoms with Crippen molar-refractivity contribution < 1.29 is 0 Å². The second kappa shape index (κ2) is 3.58. The lowest BCUT2D eigenvalue weighted by atomic mass is 10.5. The Hall–Kier alpha value is -1.34. The molecule has 1 N–H and O–H groups in total. The van der Waals surface area contributed by atoms with E-state index in [0.717, 1.165) is 5.82 Å². The molecule has 13 heavy (non-hydrogen) atoms. The Bertz CT molecular complexity index is 319. The van der Waals surface area contributed by atoms with Gasteiger partial charge in [0.2, 0.25) is 0 Å². The van der Waals surface area contributed by atoms with Crippen molar-refractivity contribution in [3.05, 3.63) is 12.2 Å². The van der Waals surface area contributed by atoms with E-state index in [9.17, 15) is 0 Å². The molecule has 1 aromatic heterocycles. The van der Waals surface area contributed by atoms with Gasteiger partial charge in [-0.1, -0.05) is 5.92 Å². The van der Waals surface area contributed by atoms with Crippen molar-refractivity contribution in [1.29, 1.82) is 0 Å². The van der Waals surface area contributed by atoms with Gasteiger partial charge in [-0.05, 0) is 12.8 Å². The Balaban J connectivity index is 1.95. The van der Waals surface area contributed by atoms with Crippen LogP contribution in [0.2, 0.25) is 0 Å². The van der Waals surface area contributed by atoms with Crippen LogP contribution in [-0.4, -0.2) is 21.3 Å². The van der Waals surface area contributed by atoms with Crippen LogP contribution in [0.4, 0.5) is 0 Å². The molecular weight excluding hydrogens is 164 g/mol. The Morgan fingerprint density at radius 1 is 1.69 bits per heavy atom. The van der Waals surface area contributed by atoms with Gasteiger partial charge in [0.15, 0.2) is 0 Å². The number of aromatic nitrogens is 3. The first-order valence-corrected chi connectivity index (χ1v) is 4.44. The molecule has 0 spiro atoms. The van der Waals surface area contributed by atoms with Gasteiger partial charge in [0, 0.05) is 6.04 Å². The molecule has 0 amide bonds. The SMILES string of the molecule is C#CCNCc1nncn1C1CC1. The van der Waals surface area contributed by atoms with E-state index in [2.05, 4.69) is 26.0 Å². The maximum absolute atomic E-state index is 5.12. The first-order valence-electron chi connectivity index (χ1n) is 4.44. The number of hydrogen-bond acceptors (Lipinski definition) is 3. The van der Waals surface area contributed by atoms with Crippen molar-refractivity contribution in [1.82, 2.24) is 20.1 Å². The molecule has 0 bridgehead atoms. The Labute approximate surface area is 77.4 Å². The summed E-state index contributed by atoms with van der Waals surface area (Å²) >= 11 is 0. The standard InChI is InChI=1S/C9H12N4/c1-2-5-10-6-9-12-11-7-13(9)8-3-4-8/h1,7-8,10H,3-6H2. The molecule has 1 heterocycles. The van der Waals surface area contributed by atoms with Crippen LogP contribution in [0.25, 0.3) is 0 Å². The highest BCUT2D eigenvalue weighted by atomic mass is 15.3. The Morgan fingerprint density at radius 3 is 3.23 bits per heavy atom. The van der Waals surface area contributed by atoms with E-state index >= 15 is 0 Å². The summed E-state index contributed by atoms with van der Waals surface area (Å²) in [6, 6.07) is 0.637. The van der Waals surface area contributed by atoms with Gasteiger partial charge in [-0.25, -0.2) is 0 Å². The van der Waals surface area contributed by atoms with Crippen molar-refractivity contribution in [2.75, 3.05) is 6.54 Å². The molecule has 68 valence electrons. The van der Waals surface area contributed by atoms with E-state index in [1.54, 1.807) is 6.33 Å². The van der Waals surface area contributed by atoms with Crippen LogP contribution >= 0.6 is 0 Å². The fourth-order valence-electron chi connectivity index (χ4n) is 1.30. The topological polar surface area (TPSA) is 42.7 Å². The van der Waals surface area contributed by atoms with Crippen molar-refractivity contribution in [2.24, 2.45) is 0 Å². The quantitative estimate of drug-likeness (QED) is 0.531. The normalized spacial score (nSPS) is 15.6. The first-order chi connectivity index (χ1) is 6.42. The molecule has 1 aromatic rings. The molecule has 0 aromatic carbocycles. The fourth-order valence-corrected chi connectivity index (χ4v) is 1.30. The summed E-state index contributed by atoms with van der Waals surface area (Å²) in [5.41, 5.74) is 0. The largest absolute Gasteiger partial charge is 0.313 e. The van der Waals surface area contributed by atoms with Gasteiger partial charge in [-0.15, -0.1) is 16.6 Å². The van der Waals surface area contributed by atoms with Crippen LogP contribution in [0.3, 0.4) is 0 Å². The van der Waals surface area contributed by atoms with E-state index in [4.69, 9.17) is 6.42 Å². The van der Waals surface area contributed by atoms with Crippen LogP contribution in [0, 0.1) is 12.3 Å². The summed E-state index contributed by atoms with van der Waals surface area (Å²) < 4.78 is 2.13. The van der Waals surface area contributed by atoms with Crippen LogP contribution in [0.15, 0.2) is 6.33 Å². The molecule has 1 fully saturated rings. The lowest BCUT2D eigenvalue weighted by Gasteiger charge is -2.03. The average Bonchev–Trinajstić information content (AvgIpc) is 2.88. The molecule has 1 aliphatic carbocycles. The highest BCUT2D eigenvalue weighted by molar-refractivity contribution is 4.95. The second-order valence-corrected chi connectivity index (χ2v) is 3.19. The third-order valence-electron chi connectivity index (χ3n) is 2.10. The third-order valence-corrected chi connectivity index (χ3v) is 2.10. The van der Waals surface area contributed by atoms with E-state index in [1.165, 1.54) is 12.8 Å². The summed E-state index contributed by atoms with van der Waals surface area (Å²) in [7, 11) is 0. The number of nitrogens with one attached hydrogen (secondary N) is 1. The summed E-state index contributed by atoms with van der Waals surface area (Å²) in [5, 5.41) is 11.0. The molecule has 1 saturated carbocycles. The monoisotopic (exact) mass is 176 g/mol. The Morgan fingerprint density at radius 2 is 2.54 bits per heavy atom. The number of nitrogens with zero attached hydrogens (tertiary/aromatic N) is 3. The number of terminal acetylenes is 1. The second-order valence-electron chi connectivity index (χ2n) is 3.19. The van der Waals surface area contributed by atoms with Crippen molar-refractivity contribution in [3.8, 4) is 12.3 Å². The van der Waals surface area contributed by atoms with Crippen molar-refractivity contribution in [2.45, 2.75) is 25.4 Å². The van der Waals surface area contributed by atoms with Gasteiger partial charge in [0.25, 0.3) is 0 Å². The minimum atomic E-state index is 0.581. The maximum Gasteiger partial charge on any atom is 0.147 e. The summed E-state index contributed by atoms with van der Waals surface area (Å²) in [4.78, 5) is 0. The molecule has 4 heteroatoms. The van der Waals surface area contributed by atoms with Gasteiger partial charge in [0.1, 0.15) is 12.2 Å². The van der Waals surface area contributed by atoms with E-state index in [1.807, 2.05) is 0 Å². The number of hydrogen-bond donors (Lipinski definition) is 1. The van der Waals surface area contributed by atoms with E-state index < -0.39 is 0 Å². The predicted octanol–water partition coefficient (Wildman–Crippen LogP) is 0.336. The maximum atomic E-state index is 5.12. The average molecular weight is 176 g/mol. The number of rotatable bonds is 4. The molecule has 0 unspecified atom stereocenters. The van der Waals surface area contributed by atoms with Gasteiger partial charge >= 0.3 is 0 Å². The summed E-state index contributed by atoms with van der Waals surface area (Å²) in [6.07, 6.45) is 9.42. The van der Waals surface area contributed by atoms with E-state index in [-0.39, 0.29) is 0 Å². The van der Waals surface area contributed by atoms with Gasteiger partial charge in [-0.2, -0.15) is 0 Å². The lowest BCUT2D eigenvalue weighted by Crippen LogP contribution is -2.16. The van der Waals surface area contributed by atoms with E-state index in [0.29, 0.717) is 19.1 Å². The first kappa shape index (κ1) is 8.27. The van der Waals surface area contributed by atoms with Crippen LogP contribution in [0.5, 0.6) is 0 Å². The minimum absolute atomic E-state index is 0.581.